The molecule has 0 aliphatic carbocycles. The Hall–Kier alpha value is -1.52. The minimum absolute atomic E-state index is 0.239. The lowest BCUT2D eigenvalue weighted by Gasteiger charge is -2.04. The first kappa shape index (κ1) is 13.5. The number of ether oxygens (including phenoxy) is 1. The fraction of sp³-hybridized carbons (Fsp3) is 0.133. The summed E-state index contributed by atoms with van der Waals surface area (Å²) in [5.74, 6) is -0.260. The lowest BCUT2D eigenvalue weighted by atomic mass is 10.1. The van der Waals surface area contributed by atoms with Crippen molar-refractivity contribution in [1.29, 1.82) is 0 Å². The summed E-state index contributed by atoms with van der Waals surface area (Å²) in [5.41, 5.74) is 2.87. The van der Waals surface area contributed by atoms with E-state index in [4.69, 9.17) is 16.3 Å². The second kappa shape index (κ2) is 5.11. The van der Waals surface area contributed by atoms with E-state index in [0.29, 0.717) is 5.02 Å². The molecule has 20 heavy (non-hydrogen) atoms. The molecular formula is C15H11BrClNO2. The number of carbonyl (C=O) groups excluding carboxylic acids is 1. The second-order valence-corrected chi connectivity index (χ2v) is 5.76. The molecule has 0 bridgehead atoms. The molecule has 0 fully saturated rings. The van der Waals surface area contributed by atoms with Gasteiger partial charge in [-0.2, -0.15) is 0 Å². The third kappa shape index (κ3) is 2.19. The molecule has 1 N–H and O–H groups in total. The number of H-pyrrole nitrogens is 1. The van der Waals surface area contributed by atoms with E-state index in [1.165, 1.54) is 7.11 Å². The van der Waals surface area contributed by atoms with Gasteiger partial charge in [0, 0.05) is 25.8 Å². The average molecular weight is 353 g/mol. The molecule has 3 rings (SSSR count). The van der Waals surface area contributed by atoms with Crippen LogP contribution in [0.4, 0.5) is 0 Å². The van der Waals surface area contributed by atoms with Crippen LogP contribution in [0.3, 0.4) is 0 Å². The Morgan fingerprint density at radius 1 is 1.30 bits per heavy atom. The molecule has 3 nitrogen and oxygen atoms in total. The molecule has 102 valence electrons. The van der Waals surface area contributed by atoms with Crippen LogP contribution >= 0.6 is 27.5 Å². The number of esters is 1. The van der Waals surface area contributed by atoms with Gasteiger partial charge in [-0.1, -0.05) is 23.7 Å². The summed E-state index contributed by atoms with van der Waals surface area (Å²) in [5, 5.41) is 2.84. The van der Waals surface area contributed by atoms with E-state index >= 15 is 0 Å². The first-order valence-corrected chi connectivity index (χ1v) is 7.22. The molecule has 5 heteroatoms. The Morgan fingerprint density at radius 3 is 2.85 bits per heavy atom. The summed E-state index contributed by atoms with van der Waals surface area (Å²) in [6.45, 7) is 0. The minimum Gasteiger partial charge on any atom is -0.469 e. The van der Waals surface area contributed by atoms with E-state index < -0.39 is 0 Å². The monoisotopic (exact) mass is 351 g/mol. The van der Waals surface area contributed by atoms with Crippen molar-refractivity contribution >= 4 is 55.3 Å². The van der Waals surface area contributed by atoms with Gasteiger partial charge in [-0.15, -0.1) is 0 Å². The highest BCUT2D eigenvalue weighted by Gasteiger charge is 2.13. The second-order valence-electron chi connectivity index (χ2n) is 4.53. The number of carbonyl (C=O) groups is 1. The van der Waals surface area contributed by atoms with Crippen molar-refractivity contribution in [2.45, 2.75) is 6.42 Å². The molecule has 0 aliphatic rings. The topological polar surface area (TPSA) is 42.1 Å². The maximum atomic E-state index is 11.4. The average Bonchev–Trinajstić information content (AvgIpc) is 2.80. The Morgan fingerprint density at radius 2 is 2.10 bits per heavy atom. The number of fused-ring (bicyclic) bond motifs is 3. The van der Waals surface area contributed by atoms with Gasteiger partial charge in [0.25, 0.3) is 0 Å². The van der Waals surface area contributed by atoms with Crippen LogP contribution in [0.15, 0.2) is 34.8 Å². The predicted octanol–water partition coefficient (Wildman–Crippen LogP) is 4.45. The maximum Gasteiger partial charge on any atom is 0.310 e. The Bertz CT molecular complexity index is 825. The number of methoxy groups -OCH3 is 1. The quantitative estimate of drug-likeness (QED) is 0.692. The number of hydrogen-bond donors (Lipinski definition) is 1. The standard InChI is InChI=1S/C15H11BrClNO2/c1-20-13(19)6-8-2-4-10-11-7-9(17)3-5-12(11)18-15(10)14(8)16/h2-5,7,18H,6H2,1H3. The number of hydrogen-bond acceptors (Lipinski definition) is 2. The molecule has 1 aromatic heterocycles. The molecule has 2 aromatic carbocycles. The van der Waals surface area contributed by atoms with Crippen molar-refractivity contribution in [2.24, 2.45) is 0 Å². The zero-order valence-corrected chi connectivity index (χ0v) is 13.0. The third-order valence-electron chi connectivity index (χ3n) is 3.32. The first-order valence-electron chi connectivity index (χ1n) is 6.05. The van der Waals surface area contributed by atoms with E-state index in [0.717, 1.165) is 31.8 Å². The molecule has 0 saturated heterocycles. The van der Waals surface area contributed by atoms with Gasteiger partial charge in [0.2, 0.25) is 0 Å². The maximum absolute atomic E-state index is 11.4. The summed E-state index contributed by atoms with van der Waals surface area (Å²) in [6, 6.07) is 9.65. The molecule has 0 aliphatic heterocycles. The number of benzene rings is 2. The SMILES string of the molecule is COC(=O)Cc1ccc2c([nH]c3ccc(Cl)cc32)c1Br. The smallest absolute Gasteiger partial charge is 0.310 e. The van der Waals surface area contributed by atoms with Crippen molar-refractivity contribution in [2.75, 3.05) is 7.11 Å². The largest absolute Gasteiger partial charge is 0.469 e. The first-order chi connectivity index (χ1) is 9.60. The molecular weight excluding hydrogens is 342 g/mol. The van der Waals surface area contributed by atoms with Crippen molar-refractivity contribution in [3.05, 3.63) is 45.4 Å². The van der Waals surface area contributed by atoms with Crippen LogP contribution in [0, 0.1) is 0 Å². The van der Waals surface area contributed by atoms with Gasteiger partial charge in [-0.05, 0) is 39.7 Å². The van der Waals surface area contributed by atoms with E-state index in [2.05, 4.69) is 20.9 Å². The Balaban J connectivity index is 2.22. The Kier molecular flexibility index (Phi) is 3.44. The van der Waals surface area contributed by atoms with Crippen LogP contribution in [0.1, 0.15) is 5.56 Å². The van der Waals surface area contributed by atoms with Gasteiger partial charge in [0.15, 0.2) is 0 Å². The highest BCUT2D eigenvalue weighted by atomic mass is 79.9. The van der Waals surface area contributed by atoms with Crippen molar-refractivity contribution in [3.63, 3.8) is 0 Å². The number of rotatable bonds is 2. The zero-order chi connectivity index (χ0) is 14.3. The van der Waals surface area contributed by atoms with E-state index in [1.54, 1.807) is 0 Å². The van der Waals surface area contributed by atoms with Crippen LogP contribution in [-0.4, -0.2) is 18.1 Å². The molecule has 0 spiro atoms. The number of nitrogens with one attached hydrogen (secondary N) is 1. The Labute approximate surface area is 129 Å². The number of aromatic amines is 1. The van der Waals surface area contributed by atoms with Crippen molar-refractivity contribution in [1.82, 2.24) is 4.98 Å². The fourth-order valence-electron chi connectivity index (χ4n) is 2.31. The van der Waals surface area contributed by atoms with Gasteiger partial charge in [-0.3, -0.25) is 4.79 Å². The summed E-state index contributed by atoms with van der Waals surface area (Å²) >= 11 is 9.61. The molecule has 0 radical (unpaired) electrons. The lowest BCUT2D eigenvalue weighted by Crippen LogP contribution is -2.04. The van der Waals surface area contributed by atoms with Crippen LogP contribution in [0.25, 0.3) is 21.8 Å². The van der Waals surface area contributed by atoms with Gasteiger partial charge >= 0.3 is 5.97 Å². The van der Waals surface area contributed by atoms with Crippen LogP contribution in [0.5, 0.6) is 0 Å². The molecule has 1 heterocycles. The summed E-state index contributed by atoms with van der Waals surface area (Å²) < 4.78 is 5.59. The van der Waals surface area contributed by atoms with E-state index in [-0.39, 0.29) is 12.4 Å². The summed E-state index contributed by atoms with van der Waals surface area (Å²) in [4.78, 5) is 14.8. The lowest BCUT2D eigenvalue weighted by molar-refractivity contribution is -0.139. The van der Waals surface area contributed by atoms with E-state index in [9.17, 15) is 4.79 Å². The predicted molar refractivity (Wildman–Crippen MR) is 84.2 cm³/mol. The van der Waals surface area contributed by atoms with Crippen LogP contribution in [-0.2, 0) is 16.0 Å². The molecule has 0 unspecified atom stereocenters. The van der Waals surface area contributed by atoms with Gasteiger partial charge in [-0.25, -0.2) is 0 Å². The highest BCUT2D eigenvalue weighted by Crippen LogP contribution is 2.34. The van der Waals surface area contributed by atoms with Gasteiger partial charge in [0.1, 0.15) is 0 Å². The zero-order valence-electron chi connectivity index (χ0n) is 10.7. The van der Waals surface area contributed by atoms with Crippen LogP contribution < -0.4 is 0 Å². The summed E-state index contributed by atoms with van der Waals surface area (Å²) in [7, 11) is 1.39. The van der Waals surface area contributed by atoms with Crippen molar-refractivity contribution < 1.29 is 9.53 Å². The van der Waals surface area contributed by atoms with Crippen molar-refractivity contribution in [3.8, 4) is 0 Å². The van der Waals surface area contributed by atoms with Crippen LogP contribution in [0.2, 0.25) is 5.02 Å². The molecule has 0 atom stereocenters. The highest BCUT2D eigenvalue weighted by molar-refractivity contribution is 9.10. The molecule has 3 aromatic rings. The third-order valence-corrected chi connectivity index (χ3v) is 4.46. The minimum atomic E-state index is -0.260. The molecule has 0 saturated carbocycles. The number of halogens is 2. The van der Waals surface area contributed by atoms with E-state index in [1.807, 2.05) is 30.3 Å². The summed E-state index contributed by atoms with van der Waals surface area (Å²) in [6.07, 6.45) is 0.239. The van der Waals surface area contributed by atoms with Gasteiger partial charge < -0.3 is 9.72 Å². The molecule has 0 amide bonds. The normalized spacial score (nSPS) is 11.2. The number of aromatic nitrogens is 1. The fourth-order valence-corrected chi connectivity index (χ4v) is 3.07. The van der Waals surface area contributed by atoms with Gasteiger partial charge in [0.05, 0.1) is 19.0 Å².